The summed E-state index contributed by atoms with van der Waals surface area (Å²) in [6.45, 7) is -1.92. The zero-order valence-electron chi connectivity index (χ0n) is 8.63. The van der Waals surface area contributed by atoms with Crippen LogP contribution in [-0.4, -0.2) is 23.7 Å². The third-order valence-corrected chi connectivity index (χ3v) is 1.82. The minimum absolute atomic E-state index is 0.0348. The Morgan fingerprint density at radius 1 is 1.28 bits per heavy atom. The molecular formula is C9H6F5N3O. The average Bonchev–Trinajstić information content (AvgIpc) is 2.26. The van der Waals surface area contributed by atoms with Crippen LogP contribution in [0, 0.1) is 11.3 Å². The van der Waals surface area contributed by atoms with Crippen molar-refractivity contribution in [1.29, 1.82) is 5.26 Å². The second-order valence-corrected chi connectivity index (χ2v) is 3.19. The average molecular weight is 267 g/mol. The smallest absolute Gasteiger partial charge is 0.456 e. The lowest BCUT2D eigenvalue weighted by molar-refractivity contribution is -0.290. The quantitative estimate of drug-likeness (QED) is 0.851. The summed E-state index contributed by atoms with van der Waals surface area (Å²) in [5.74, 6) is -5.53. The molecule has 0 unspecified atom stereocenters. The van der Waals surface area contributed by atoms with Crippen molar-refractivity contribution in [1.82, 2.24) is 4.98 Å². The van der Waals surface area contributed by atoms with Crippen molar-refractivity contribution in [2.75, 3.05) is 12.3 Å². The van der Waals surface area contributed by atoms with Crippen LogP contribution in [0.2, 0.25) is 0 Å². The van der Waals surface area contributed by atoms with E-state index in [9.17, 15) is 22.0 Å². The van der Waals surface area contributed by atoms with E-state index in [0.717, 1.165) is 12.1 Å². The molecule has 1 aromatic heterocycles. The van der Waals surface area contributed by atoms with Gasteiger partial charge in [-0.25, -0.2) is 4.98 Å². The van der Waals surface area contributed by atoms with Crippen LogP contribution < -0.4 is 10.5 Å². The Balaban J connectivity index is 2.79. The summed E-state index contributed by atoms with van der Waals surface area (Å²) in [4.78, 5) is 3.37. The predicted octanol–water partition coefficient (Wildman–Crippen LogP) is 2.11. The van der Waals surface area contributed by atoms with E-state index >= 15 is 0 Å². The molecule has 0 aliphatic carbocycles. The first-order valence-corrected chi connectivity index (χ1v) is 4.41. The molecule has 0 aliphatic heterocycles. The van der Waals surface area contributed by atoms with Gasteiger partial charge in [0.05, 0.1) is 5.69 Å². The highest BCUT2D eigenvalue weighted by Crippen LogP contribution is 2.35. The van der Waals surface area contributed by atoms with Crippen molar-refractivity contribution in [3.8, 4) is 11.9 Å². The van der Waals surface area contributed by atoms with Gasteiger partial charge in [0.25, 0.3) is 0 Å². The molecule has 9 heteroatoms. The number of nitrogens with zero attached hydrogens (tertiary/aromatic N) is 2. The van der Waals surface area contributed by atoms with Crippen molar-refractivity contribution in [3.63, 3.8) is 0 Å². The van der Waals surface area contributed by atoms with Gasteiger partial charge in [-0.3, -0.25) is 0 Å². The number of anilines is 1. The van der Waals surface area contributed by atoms with Gasteiger partial charge in [-0.1, -0.05) is 0 Å². The normalized spacial score (nSPS) is 12.0. The molecule has 0 saturated carbocycles. The highest BCUT2D eigenvalue weighted by atomic mass is 19.4. The molecule has 0 aromatic carbocycles. The van der Waals surface area contributed by atoms with Crippen molar-refractivity contribution in [3.05, 3.63) is 17.8 Å². The molecule has 0 spiro atoms. The summed E-state index contributed by atoms with van der Waals surface area (Å²) in [5.41, 5.74) is 4.93. The van der Waals surface area contributed by atoms with E-state index in [1.807, 2.05) is 0 Å². The van der Waals surface area contributed by atoms with Crippen LogP contribution in [0.4, 0.5) is 27.6 Å². The summed E-state index contributed by atoms with van der Waals surface area (Å²) in [7, 11) is 0. The van der Waals surface area contributed by atoms with Crippen molar-refractivity contribution in [2.45, 2.75) is 12.1 Å². The second kappa shape index (κ2) is 4.64. The molecule has 0 bridgehead atoms. The Bertz CT molecular complexity index is 480. The van der Waals surface area contributed by atoms with Gasteiger partial charge in [-0.05, 0) is 6.07 Å². The number of rotatable bonds is 3. The Labute approximate surface area is 97.8 Å². The van der Waals surface area contributed by atoms with Crippen LogP contribution in [0.15, 0.2) is 12.1 Å². The molecule has 2 N–H and O–H groups in total. The molecule has 4 nitrogen and oxygen atoms in total. The minimum atomic E-state index is -5.71. The zero-order chi connectivity index (χ0) is 14.0. The molecular weight excluding hydrogens is 261 g/mol. The van der Waals surface area contributed by atoms with E-state index in [-0.39, 0.29) is 11.4 Å². The molecule has 18 heavy (non-hydrogen) atoms. The molecule has 1 heterocycles. The lowest BCUT2D eigenvalue weighted by atomic mass is 10.3. The maximum Gasteiger partial charge on any atom is 0.456 e. The fraction of sp³-hybridized carbons (Fsp3) is 0.333. The number of hydrogen-bond acceptors (Lipinski definition) is 4. The number of nitriles is 1. The van der Waals surface area contributed by atoms with Crippen molar-refractivity contribution in [2.24, 2.45) is 0 Å². The molecule has 0 saturated heterocycles. The SMILES string of the molecule is N#Cc1nc(OCC(F)(F)C(F)(F)F)ccc1N. The minimum Gasteiger partial charge on any atom is -0.471 e. The summed E-state index contributed by atoms with van der Waals surface area (Å²) in [5, 5.41) is 8.52. The molecule has 98 valence electrons. The van der Waals surface area contributed by atoms with E-state index in [1.54, 1.807) is 0 Å². The topological polar surface area (TPSA) is 71.9 Å². The lowest BCUT2D eigenvalue weighted by Crippen LogP contribution is -2.41. The molecule has 0 aliphatic rings. The predicted molar refractivity (Wildman–Crippen MR) is 49.9 cm³/mol. The van der Waals surface area contributed by atoms with Crippen LogP contribution in [0.5, 0.6) is 5.88 Å². The summed E-state index contributed by atoms with van der Waals surface area (Å²) >= 11 is 0. The molecule has 0 amide bonds. The third-order valence-electron chi connectivity index (χ3n) is 1.82. The number of hydrogen-bond donors (Lipinski definition) is 1. The molecule has 1 rings (SSSR count). The van der Waals surface area contributed by atoms with E-state index in [2.05, 4.69) is 9.72 Å². The molecule has 0 radical (unpaired) electrons. The lowest BCUT2D eigenvalue weighted by Gasteiger charge is -2.19. The van der Waals surface area contributed by atoms with Crippen LogP contribution >= 0.6 is 0 Å². The van der Waals surface area contributed by atoms with Crippen molar-refractivity contribution < 1.29 is 26.7 Å². The zero-order valence-corrected chi connectivity index (χ0v) is 8.63. The van der Waals surface area contributed by atoms with Gasteiger partial charge in [-0.2, -0.15) is 27.2 Å². The number of aromatic nitrogens is 1. The van der Waals surface area contributed by atoms with Crippen molar-refractivity contribution >= 4 is 5.69 Å². The van der Waals surface area contributed by atoms with E-state index in [1.165, 1.54) is 6.07 Å². The Hall–Kier alpha value is -2.11. The Morgan fingerprint density at radius 2 is 1.89 bits per heavy atom. The monoisotopic (exact) mass is 267 g/mol. The number of pyridine rings is 1. The maximum absolute atomic E-state index is 12.5. The van der Waals surface area contributed by atoms with Crippen LogP contribution in [0.1, 0.15) is 5.69 Å². The first-order chi connectivity index (χ1) is 8.17. The van der Waals surface area contributed by atoms with Crippen LogP contribution in [-0.2, 0) is 0 Å². The van der Waals surface area contributed by atoms with E-state index in [4.69, 9.17) is 11.0 Å². The van der Waals surface area contributed by atoms with E-state index < -0.39 is 24.6 Å². The molecule has 0 fully saturated rings. The number of ether oxygens (including phenoxy) is 1. The fourth-order valence-corrected chi connectivity index (χ4v) is 0.868. The van der Waals surface area contributed by atoms with E-state index in [0.29, 0.717) is 0 Å². The number of alkyl halides is 5. The standard InChI is InChI=1S/C9H6F5N3O/c10-8(11,9(12,13)14)4-18-7-2-1-5(16)6(3-15)17-7/h1-2H,4,16H2. The van der Waals surface area contributed by atoms with Gasteiger partial charge in [0.1, 0.15) is 6.07 Å². The maximum atomic E-state index is 12.5. The van der Waals surface area contributed by atoms with Crippen LogP contribution in [0.25, 0.3) is 0 Å². The van der Waals surface area contributed by atoms with Gasteiger partial charge in [0, 0.05) is 6.07 Å². The highest BCUT2D eigenvalue weighted by molar-refractivity contribution is 5.50. The molecule has 0 atom stereocenters. The summed E-state index contributed by atoms with van der Waals surface area (Å²) in [6, 6.07) is 3.64. The summed E-state index contributed by atoms with van der Waals surface area (Å²) in [6.07, 6.45) is -5.71. The fourth-order valence-electron chi connectivity index (χ4n) is 0.868. The van der Waals surface area contributed by atoms with Gasteiger partial charge >= 0.3 is 12.1 Å². The number of halogens is 5. The first kappa shape index (κ1) is 14.0. The third kappa shape index (κ3) is 2.97. The van der Waals surface area contributed by atoms with Gasteiger partial charge in [0.2, 0.25) is 5.88 Å². The summed E-state index contributed by atoms with van der Waals surface area (Å²) < 4.78 is 64.7. The Morgan fingerprint density at radius 3 is 2.39 bits per heavy atom. The van der Waals surface area contributed by atoms with Gasteiger partial charge in [0.15, 0.2) is 12.3 Å². The first-order valence-electron chi connectivity index (χ1n) is 4.41. The van der Waals surface area contributed by atoms with Gasteiger partial charge < -0.3 is 10.5 Å². The Kier molecular flexibility index (Phi) is 3.59. The number of nitrogens with two attached hydrogens (primary N) is 1. The molecule has 1 aromatic rings. The highest BCUT2D eigenvalue weighted by Gasteiger charge is 2.58. The second-order valence-electron chi connectivity index (χ2n) is 3.19. The largest absolute Gasteiger partial charge is 0.471 e. The van der Waals surface area contributed by atoms with Gasteiger partial charge in [-0.15, -0.1) is 0 Å². The van der Waals surface area contributed by atoms with Crippen LogP contribution in [0.3, 0.4) is 0 Å². The number of nitrogen functional groups attached to an aromatic ring is 1.